The fourth-order valence-corrected chi connectivity index (χ4v) is 1.40. The molecular formula is C15H19FeN-6. The molecule has 0 radical (unpaired) electrons. The molecule has 0 aliphatic heterocycles. The molecule has 0 amide bonds. The van der Waals surface area contributed by atoms with Crippen molar-refractivity contribution in [2.75, 3.05) is 20.6 Å². The van der Waals surface area contributed by atoms with Gasteiger partial charge in [0, 0.05) is 23.6 Å². The van der Waals surface area contributed by atoms with E-state index in [1.54, 1.807) is 0 Å². The van der Waals surface area contributed by atoms with Crippen molar-refractivity contribution in [3.8, 4) is 0 Å². The Balaban J connectivity index is 0.000000360. The Labute approximate surface area is 115 Å². The van der Waals surface area contributed by atoms with Crippen LogP contribution in [-0.2, 0) is 17.1 Å². The van der Waals surface area contributed by atoms with E-state index >= 15 is 0 Å². The van der Waals surface area contributed by atoms with Crippen molar-refractivity contribution in [2.45, 2.75) is 0 Å². The smallest absolute Gasteiger partial charge is 0.00583 e. The Hall–Kier alpha value is -1.08. The summed E-state index contributed by atoms with van der Waals surface area (Å²) in [4.78, 5) is 2.12. The first kappa shape index (κ1) is 15.9. The van der Waals surface area contributed by atoms with Gasteiger partial charge in [0.2, 0.25) is 0 Å². The molecule has 0 saturated carbocycles. The largest absolute Gasteiger partial charge is 0.748 e. The Kier molecular flexibility index (Phi) is 8.43. The molecule has 0 heterocycles. The molecule has 0 fully saturated rings. The molecule has 0 aromatic heterocycles. The van der Waals surface area contributed by atoms with E-state index in [-0.39, 0.29) is 17.1 Å². The molecule has 17 heavy (non-hydrogen) atoms. The van der Waals surface area contributed by atoms with Crippen molar-refractivity contribution < 1.29 is 17.1 Å². The maximum Gasteiger partial charge on any atom is 0.00583 e. The molecule has 98 valence electrons. The summed E-state index contributed by atoms with van der Waals surface area (Å²) < 4.78 is 0. The molecule has 2 aromatic rings. The van der Waals surface area contributed by atoms with Crippen LogP contribution in [0.15, 0.2) is 61.2 Å². The van der Waals surface area contributed by atoms with Gasteiger partial charge in [-0.15, -0.1) is 23.3 Å². The van der Waals surface area contributed by atoms with E-state index in [1.165, 1.54) is 11.1 Å². The van der Waals surface area contributed by atoms with Crippen LogP contribution in [0, 0.1) is 0 Å². The minimum Gasteiger partial charge on any atom is -0.748 e. The zero-order valence-electron chi connectivity index (χ0n) is 10.4. The number of hydrogen-bond acceptors (Lipinski definition) is 1. The summed E-state index contributed by atoms with van der Waals surface area (Å²) >= 11 is 0. The van der Waals surface area contributed by atoms with Gasteiger partial charge in [0.25, 0.3) is 0 Å². The fraction of sp³-hybridized carbons (Fsp3) is 0.200. The first-order valence-electron chi connectivity index (χ1n) is 5.41. The molecule has 0 aliphatic rings. The van der Waals surface area contributed by atoms with Crippen molar-refractivity contribution in [1.82, 2.24) is 4.90 Å². The molecule has 0 N–H and O–H groups in total. The van der Waals surface area contributed by atoms with Crippen LogP contribution in [0.4, 0.5) is 0 Å². The van der Waals surface area contributed by atoms with Gasteiger partial charge < -0.3 is 35.2 Å². The van der Waals surface area contributed by atoms with Crippen molar-refractivity contribution in [3.63, 3.8) is 0 Å². The van der Waals surface area contributed by atoms with Gasteiger partial charge in [-0.2, -0.15) is 18.7 Å². The van der Waals surface area contributed by atoms with Gasteiger partial charge in [0.15, 0.2) is 0 Å². The Bertz CT molecular complexity index is 354. The third-order valence-corrected chi connectivity index (χ3v) is 2.13. The SMILES string of the molecule is C=C(CN(C)C)[c-]1cccc1.[Fe].[cH-]1[cH-][cH-][cH-][cH-]1. The second-order valence-electron chi connectivity index (χ2n) is 3.98. The first-order chi connectivity index (χ1) is 7.70. The summed E-state index contributed by atoms with van der Waals surface area (Å²) in [5.74, 6) is 0. The molecule has 0 saturated heterocycles. The number of nitrogens with zero attached hydrogens (tertiary/aromatic N) is 1. The predicted octanol–water partition coefficient (Wildman–Crippen LogP) is 3.38. The molecule has 0 spiro atoms. The zero-order valence-corrected chi connectivity index (χ0v) is 11.5. The summed E-state index contributed by atoms with van der Waals surface area (Å²) in [5, 5.41) is 0. The number of hydrogen-bond donors (Lipinski definition) is 0. The Morgan fingerprint density at radius 3 is 1.82 bits per heavy atom. The standard InChI is InChI=1S/C10H14N.C5H5.Fe/c1-9(8-11(2)3)10-6-4-5-7-10;1-2-4-5-3-1;/h4-7H,1,8H2,2-3H3;1-5H;/q-1;-5;. The number of rotatable bonds is 3. The van der Waals surface area contributed by atoms with Crippen molar-refractivity contribution in [2.24, 2.45) is 0 Å². The van der Waals surface area contributed by atoms with Crippen molar-refractivity contribution >= 4 is 5.57 Å². The summed E-state index contributed by atoms with van der Waals surface area (Å²) in [5.41, 5.74) is 2.43. The fourth-order valence-electron chi connectivity index (χ4n) is 1.40. The summed E-state index contributed by atoms with van der Waals surface area (Å²) in [6.07, 6.45) is 0. The zero-order chi connectivity index (χ0) is 11.8. The van der Waals surface area contributed by atoms with Crippen molar-refractivity contribution in [1.29, 1.82) is 0 Å². The average molecular weight is 269 g/mol. The predicted molar refractivity (Wildman–Crippen MR) is 71.7 cm³/mol. The molecule has 2 rings (SSSR count). The minimum absolute atomic E-state index is 0. The van der Waals surface area contributed by atoms with E-state index in [2.05, 4.69) is 23.6 Å². The van der Waals surface area contributed by atoms with E-state index in [9.17, 15) is 0 Å². The van der Waals surface area contributed by atoms with Crippen LogP contribution < -0.4 is 0 Å². The van der Waals surface area contributed by atoms with Gasteiger partial charge >= 0.3 is 0 Å². The van der Waals surface area contributed by atoms with Crippen LogP contribution in [-0.4, -0.2) is 25.5 Å². The van der Waals surface area contributed by atoms with Gasteiger partial charge in [0.1, 0.15) is 0 Å². The topological polar surface area (TPSA) is 3.24 Å². The first-order valence-corrected chi connectivity index (χ1v) is 5.41. The molecule has 0 bridgehead atoms. The third-order valence-electron chi connectivity index (χ3n) is 2.13. The van der Waals surface area contributed by atoms with Gasteiger partial charge in [-0.05, 0) is 14.1 Å². The molecule has 2 heteroatoms. The summed E-state index contributed by atoms with van der Waals surface area (Å²) in [7, 11) is 4.10. The van der Waals surface area contributed by atoms with Crippen LogP contribution in [0.1, 0.15) is 5.56 Å². The van der Waals surface area contributed by atoms with Gasteiger partial charge in [0.05, 0.1) is 0 Å². The van der Waals surface area contributed by atoms with Crippen LogP contribution >= 0.6 is 0 Å². The van der Waals surface area contributed by atoms with Crippen LogP contribution in [0.2, 0.25) is 0 Å². The normalized spacial score (nSPS) is 9.12. The molecule has 0 unspecified atom stereocenters. The van der Waals surface area contributed by atoms with Crippen LogP contribution in [0.3, 0.4) is 0 Å². The van der Waals surface area contributed by atoms with Gasteiger partial charge in [-0.3, -0.25) is 0 Å². The Morgan fingerprint density at radius 2 is 1.47 bits per heavy atom. The monoisotopic (exact) mass is 269 g/mol. The molecule has 0 atom stereocenters. The molecule has 0 aliphatic carbocycles. The van der Waals surface area contributed by atoms with E-state index in [0.717, 1.165) is 6.54 Å². The van der Waals surface area contributed by atoms with Crippen LogP contribution in [0.5, 0.6) is 0 Å². The average Bonchev–Trinajstić information content (AvgIpc) is 2.94. The van der Waals surface area contributed by atoms with Gasteiger partial charge in [-0.25, -0.2) is 0 Å². The quantitative estimate of drug-likeness (QED) is 0.610. The minimum atomic E-state index is 0. The van der Waals surface area contributed by atoms with Gasteiger partial charge in [-0.1, -0.05) is 0 Å². The summed E-state index contributed by atoms with van der Waals surface area (Å²) in [6, 6.07) is 18.3. The van der Waals surface area contributed by atoms with E-state index in [0.29, 0.717) is 0 Å². The maximum absolute atomic E-state index is 4.00. The second-order valence-corrected chi connectivity index (χ2v) is 3.98. The number of likely N-dealkylation sites (N-methyl/N-ethyl adjacent to an activating group) is 1. The third kappa shape index (κ3) is 6.96. The summed E-state index contributed by atoms with van der Waals surface area (Å²) in [6.45, 7) is 4.93. The molecular weight excluding hydrogens is 250 g/mol. The van der Waals surface area contributed by atoms with E-state index < -0.39 is 0 Å². The second kappa shape index (κ2) is 9.00. The van der Waals surface area contributed by atoms with E-state index in [1.807, 2.05) is 56.6 Å². The molecule has 2 aromatic carbocycles. The van der Waals surface area contributed by atoms with Crippen molar-refractivity contribution in [3.05, 3.63) is 66.7 Å². The maximum atomic E-state index is 4.00. The van der Waals surface area contributed by atoms with Crippen LogP contribution in [0.25, 0.3) is 5.57 Å². The van der Waals surface area contributed by atoms with E-state index in [4.69, 9.17) is 0 Å². The molecule has 1 nitrogen and oxygen atoms in total. The Morgan fingerprint density at radius 1 is 1.06 bits per heavy atom.